The minimum atomic E-state index is -0.491. The molecular formula is C12H15BClO4. The molecule has 0 unspecified atom stereocenters. The van der Waals surface area contributed by atoms with E-state index in [1.165, 1.54) is 20.3 Å². The van der Waals surface area contributed by atoms with Gasteiger partial charge < -0.3 is 14.2 Å². The number of carbonyl (C=O) groups excluding carboxylic acids is 1. The van der Waals surface area contributed by atoms with Crippen LogP contribution >= 0.6 is 11.6 Å². The zero-order valence-electron chi connectivity index (χ0n) is 10.7. The van der Waals surface area contributed by atoms with E-state index in [9.17, 15) is 4.79 Å². The van der Waals surface area contributed by atoms with Gasteiger partial charge in [0.15, 0.2) is 0 Å². The molecule has 0 spiro atoms. The molecular weight excluding hydrogens is 254 g/mol. The van der Waals surface area contributed by atoms with Gasteiger partial charge in [0.1, 0.15) is 24.3 Å². The molecule has 0 atom stereocenters. The summed E-state index contributed by atoms with van der Waals surface area (Å²) >= 11 is 5.97. The molecule has 1 aromatic carbocycles. The van der Waals surface area contributed by atoms with Crippen LogP contribution in [0.5, 0.6) is 11.5 Å². The fourth-order valence-electron chi connectivity index (χ4n) is 1.37. The van der Waals surface area contributed by atoms with Crippen molar-refractivity contribution in [3.63, 3.8) is 0 Å². The van der Waals surface area contributed by atoms with Gasteiger partial charge in [-0.05, 0) is 12.4 Å². The van der Waals surface area contributed by atoms with Gasteiger partial charge in [0.2, 0.25) is 0 Å². The Morgan fingerprint density at radius 3 is 2.61 bits per heavy atom. The van der Waals surface area contributed by atoms with E-state index in [-0.39, 0.29) is 0 Å². The summed E-state index contributed by atoms with van der Waals surface area (Å²) in [5, 5.41) is 0.340. The highest BCUT2D eigenvalue weighted by atomic mass is 35.5. The van der Waals surface area contributed by atoms with Crippen LogP contribution in [0.4, 0.5) is 0 Å². The smallest absolute Gasteiger partial charge is 0.341 e. The normalized spacial score (nSPS) is 9.78. The van der Waals surface area contributed by atoms with E-state index in [0.717, 1.165) is 6.32 Å². The van der Waals surface area contributed by atoms with Gasteiger partial charge in [0, 0.05) is 6.07 Å². The highest BCUT2D eigenvalue weighted by Gasteiger charge is 2.17. The molecule has 1 rings (SSSR count). The third-order valence-corrected chi connectivity index (χ3v) is 2.62. The average Bonchev–Trinajstić information content (AvgIpc) is 2.39. The van der Waals surface area contributed by atoms with Gasteiger partial charge in [-0.2, -0.15) is 0 Å². The Morgan fingerprint density at radius 2 is 2.06 bits per heavy atom. The second-order valence-electron chi connectivity index (χ2n) is 3.52. The zero-order valence-corrected chi connectivity index (χ0v) is 11.4. The molecule has 18 heavy (non-hydrogen) atoms. The lowest BCUT2D eigenvalue weighted by Gasteiger charge is -2.12. The number of rotatable bonds is 6. The topological polar surface area (TPSA) is 44.8 Å². The van der Waals surface area contributed by atoms with Crippen molar-refractivity contribution in [1.29, 1.82) is 0 Å². The number of ether oxygens (including phenoxy) is 3. The molecule has 0 aliphatic carbocycles. The molecule has 1 aromatic rings. The number of esters is 1. The van der Waals surface area contributed by atoms with E-state index in [0.29, 0.717) is 28.7 Å². The Morgan fingerprint density at radius 1 is 1.33 bits per heavy atom. The Labute approximate surface area is 112 Å². The SMILES string of the molecule is C[B]CCOc1cc(OC)c(Cl)cc1C(=O)OC. The first kappa shape index (κ1) is 14.7. The Bertz CT molecular complexity index is 423. The first-order chi connectivity index (χ1) is 8.63. The van der Waals surface area contributed by atoms with Crippen molar-refractivity contribution < 1.29 is 19.0 Å². The number of methoxy groups -OCH3 is 2. The lowest BCUT2D eigenvalue weighted by atomic mass is 9.79. The fourth-order valence-corrected chi connectivity index (χ4v) is 1.61. The molecule has 0 aliphatic heterocycles. The molecule has 0 amide bonds. The Hall–Kier alpha value is -1.36. The van der Waals surface area contributed by atoms with Crippen molar-refractivity contribution in [3.8, 4) is 11.5 Å². The minimum absolute atomic E-state index is 0.291. The second kappa shape index (κ2) is 7.16. The van der Waals surface area contributed by atoms with E-state index in [1.807, 2.05) is 14.1 Å². The molecule has 0 saturated heterocycles. The molecule has 0 fully saturated rings. The molecule has 0 N–H and O–H groups in total. The monoisotopic (exact) mass is 269 g/mol. The van der Waals surface area contributed by atoms with E-state index in [2.05, 4.69) is 4.74 Å². The average molecular weight is 270 g/mol. The van der Waals surface area contributed by atoms with Crippen molar-refractivity contribution in [2.24, 2.45) is 0 Å². The molecule has 0 saturated carbocycles. The maximum Gasteiger partial charge on any atom is 0.341 e. The van der Waals surface area contributed by atoms with Crippen LogP contribution in [0.15, 0.2) is 12.1 Å². The lowest BCUT2D eigenvalue weighted by molar-refractivity contribution is 0.0596. The van der Waals surface area contributed by atoms with Crippen LogP contribution < -0.4 is 9.47 Å². The minimum Gasteiger partial charge on any atom is -0.495 e. The summed E-state index contributed by atoms with van der Waals surface area (Å²) in [7, 11) is 4.79. The summed E-state index contributed by atoms with van der Waals surface area (Å²) in [6, 6.07) is 3.07. The molecule has 0 aromatic heterocycles. The Balaban J connectivity index is 3.05. The van der Waals surface area contributed by atoms with Crippen LogP contribution in [0, 0.1) is 0 Å². The molecule has 4 nitrogen and oxygen atoms in total. The quantitative estimate of drug-likeness (QED) is 0.452. The highest BCUT2D eigenvalue weighted by Crippen LogP contribution is 2.33. The van der Waals surface area contributed by atoms with Gasteiger partial charge >= 0.3 is 5.97 Å². The number of benzene rings is 1. The molecule has 0 heterocycles. The van der Waals surface area contributed by atoms with E-state index < -0.39 is 5.97 Å². The first-order valence-corrected chi connectivity index (χ1v) is 5.88. The fraction of sp³-hybridized carbons (Fsp3) is 0.417. The standard InChI is InChI=1S/C12H15BClO4/c1-13-4-5-18-10-7-11(16-2)9(14)6-8(10)12(15)17-3/h6-7H,4-5H2,1-3H3. The van der Waals surface area contributed by atoms with Crippen LogP contribution in [0.2, 0.25) is 18.2 Å². The van der Waals surface area contributed by atoms with E-state index in [1.54, 1.807) is 6.07 Å². The first-order valence-electron chi connectivity index (χ1n) is 5.50. The number of carbonyl (C=O) groups is 1. The van der Waals surface area contributed by atoms with Crippen molar-refractivity contribution >= 4 is 24.8 Å². The lowest BCUT2D eigenvalue weighted by Crippen LogP contribution is -2.08. The predicted octanol–water partition coefficient (Wildman–Crippen LogP) is 2.68. The Kier molecular flexibility index (Phi) is 5.85. The summed E-state index contributed by atoms with van der Waals surface area (Å²) in [4.78, 5) is 11.6. The van der Waals surface area contributed by atoms with Crippen LogP contribution in [-0.2, 0) is 4.74 Å². The van der Waals surface area contributed by atoms with Gasteiger partial charge in [-0.15, -0.1) is 0 Å². The van der Waals surface area contributed by atoms with Gasteiger partial charge in [-0.25, -0.2) is 4.79 Å². The van der Waals surface area contributed by atoms with Crippen LogP contribution in [0.1, 0.15) is 10.4 Å². The summed E-state index contributed by atoms with van der Waals surface area (Å²) < 4.78 is 15.3. The number of hydrogen-bond acceptors (Lipinski definition) is 4. The summed E-state index contributed by atoms with van der Waals surface area (Å²) in [5.74, 6) is 0.375. The van der Waals surface area contributed by atoms with Gasteiger partial charge in [-0.1, -0.05) is 18.4 Å². The molecule has 97 valence electrons. The highest BCUT2D eigenvalue weighted by molar-refractivity contribution is 6.33. The van der Waals surface area contributed by atoms with Crippen LogP contribution in [0.25, 0.3) is 0 Å². The largest absolute Gasteiger partial charge is 0.495 e. The van der Waals surface area contributed by atoms with Crippen molar-refractivity contribution in [3.05, 3.63) is 22.7 Å². The van der Waals surface area contributed by atoms with Gasteiger partial charge in [-0.3, -0.25) is 0 Å². The van der Waals surface area contributed by atoms with Crippen molar-refractivity contribution in [1.82, 2.24) is 0 Å². The maximum absolute atomic E-state index is 11.6. The summed E-state index contributed by atoms with van der Waals surface area (Å²) in [5.41, 5.74) is 0.291. The molecule has 0 aliphatic rings. The predicted molar refractivity (Wildman–Crippen MR) is 71.3 cm³/mol. The second-order valence-corrected chi connectivity index (χ2v) is 3.93. The van der Waals surface area contributed by atoms with Crippen LogP contribution in [0.3, 0.4) is 0 Å². The number of halogens is 1. The molecule has 0 bridgehead atoms. The third-order valence-electron chi connectivity index (χ3n) is 2.32. The van der Waals surface area contributed by atoms with Crippen molar-refractivity contribution in [2.45, 2.75) is 13.1 Å². The third kappa shape index (κ3) is 3.57. The molecule has 6 heteroatoms. The summed E-state index contributed by atoms with van der Waals surface area (Å²) in [6.45, 7) is 2.41. The van der Waals surface area contributed by atoms with E-state index in [4.69, 9.17) is 21.1 Å². The van der Waals surface area contributed by atoms with Gasteiger partial charge in [0.25, 0.3) is 0 Å². The van der Waals surface area contributed by atoms with E-state index >= 15 is 0 Å². The molecule has 1 radical (unpaired) electrons. The number of hydrogen-bond donors (Lipinski definition) is 0. The summed E-state index contributed by atoms with van der Waals surface area (Å²) in [6.07, 6.45) is 0.783. The van der Waals surface area contributed by atoms with Crippen molar-refractivity contribution in [2.75, 3.05) is 20.8 Å². The maximum atomic E-state index is 11.6. The zero-order chi connectivity index (χ0) is 13.5. The van der Waals surface area contributed by atoms with Crippen LogP contribution in [-0.4, -0.2) is 34.1 Å². The van der Waals surface area contributed by atoms with Gasteiger partial charge in [0.05, 0.1) is 25.8 Å².